The smallest absolute Gasteiger partial charge is 0.189 e. The lowest BCUT2D eigenvalue weighted by atomic mass is 10.1. The van der Waals surface area contributed by atoms with Crippen LogP contribution in [-0.2, 0) is 4.79 Å². The van der Waals surface area contributed by atoms with Crippen molar-refractivity contribution in [2.75, 3.05) is 0 Å². The molecule has 2 unspecified atom stereocenters. The number of carbonyl (C=O) groups excluding carboxylic acids is 1. The standard InChI is InChI=1S/C10H18O2S/c1-8(11)9-6-4-2-3-5-7-10(12)13-9/h8-9,11H,2-7H2,1H3. The van der Waals surface area contributed by atoms with Crippen LogP contribution in [0.3, 0.4) is 0 Å². The second-order valence-corrected chi connectivity index (χ2v) is 5.02. The van der Waals surface area contributed by atoms with Gasteiger partial charge in [-0.3, -0.25) is 4.79 Å². The monoisotopic (exact) mass is 202 g/mol. The normalized spacial score (nSPS) is 28.8. The predicted octanol–water partition coefficient (Wildman–Crippen LogP) is 2.35. The zero-order valence-electron chi connectivity index (χ0n) is 8.16. The summed E-state index contributed by atoms with van der Waals surface area (Å²) in [6.07, 6.45) is 5.86. The lowest BCUT2D eigenvalue weighted by molar-refractivity contribution is -0.111. The number of aliphatic hydroxyl groups excluding tert-OH is 1. The van der Waals surface area contributed by atoms with Crippen molar-refractivity contribution in [3.8, 4) is 0 Å². The second-order valence-electron chi connectivity index (χ2n) is 3.72. The third-order valence-electron chi connectivity index (χ3n) is 2.44. The maximum atomic E-state index is 11.4. The van der Waals surface area contributed by atoms with E-state index in [-0.39, 0.29) is 16.5 Å². The summed E-state index contributed by atoms with van der Waals surface area (Å²) in [5, 5.41) is 9.82. The van der Waals surface area contributed by atoms with Crippen LogP contribution in [0.2, 0.25) is 0 Å². The van der Waals surface area contributed by atoms with Crippen molar-refractivity contribution in [3.63, 3.8) is 0 Å². The van der Waals surface area contributed by atoms with Crippen molar-refractivity contribution in [2.45, 2.75) is 56.8 Å². The van der Waals surface area contributed by atoms with Gasteiger partial charge in [-0.2, -0.15) is 0 Å². The first-order valence-corrected chi connectivity index (χ1v) is 5.95. The Balaban J connectivity index is 2.46. The Bertz CT molecular complexity index is 168. The highest BCUT2D eigenvalue weighted by molar-refractivity contribution is 8.14. The molecule has 0 aromatic heterocycles. The molecule has 0 spiro atoms. The quantitative estimate of drug-likeness (QED) is 0.709. The summed E-state index contributed by atoms with van der Waals surface area (Å²) in [4.78, 5) is 11.4. The van der Waals surface area contributed by atoms with Crippen LogP contribution in [0.1, 0.15) is 45.4 Å². The molecule has 1 aliphatic heterocycles. The molecule has 0 amide bonds. The van der Waals surface area contributed by atoms with Crippen molar-refractivity contribution in [1.29, 1.82) is 0 Å². The molecular weight excluding hydrogens is 184 g/mol. The average Bonchev–Trinajstić information content (AvgIpc) is 2.16. The molecular formula is C10H18O2S. The Morgan fingerprint density at radius 1 is 1.38 bits per heavy atom. The summed E-state index contributed by atoms with van der Waals surface area (Å²) in [5.41, 5.74) is 0. The molecule has 1 N–H and O–H groups in total. The molecule has 2 nitrogen and oxygen atoms in total. The summed E-state index contributed by atoms with van der Waals surface area (Å²) in [6.45, 7) is 1.78. The van der Waals surface area contributed by atoms with E-state index < -0.39 is 0 Å². The van der Waals surface area contributed by atoms with Crippen LogP contribution in [0.4, 0.5) is 0 Å². The van der Waals surface area contributed by atoms with E-state index in [0.717, 1.165) is 19.3 Å². The summed E-state index contributed by atoms with van der Waals surface area (Å²) < 4.78 is 0. The first kappa shape index (κ1) is 11.1. The van der Waals surface area contributed by atoms with Gasteiger partial charge >= 0.3 is 0 Å². The van der Waals surface area contributed by atoms with E-state index >= 15 is 0 Å². The highest BCUT2D eigenvalue weighted by Gasteiger charge is 2.20. The molecule has 1 fully saturated rings. The molecule has 0 bridgehead atoms. The molecule has 1 rings (SSSR count). The van der Waals surface area contributed by atoms with Gasteiger partial charge in [0.2, 0.25) is 0 Å². The minimum absolute atomic E-state index is 0.130. The van der Waals surface area contributed by atoms with Gasteiger partial charge in [-0.1, -0.05) is 31.0 Å². The van der Waals surface area contributed by atoms with Crippen molar-refractivity contribution in [2.24, 2.45) is 0 Å². The van der Waals surface area contributed by atoms with E-state index in [1.54, 1.807) is 6.92 Å². The van der Waals surface area contributed by atoms with Crippen LogP contribution >= 0.6 is 11.8 Å². The highest BCUT2D eigenvalue weighted by atomic mass is 32.2. The summed E-state index contributed by atoms with van der Waals surface area (Å²) in [6, 6.07) is 0. The minimum atomic E-state index is -0.355. The van der Waals surface area contributed by atoms with Gasteiger partial charge in [0.25, 0.3) is 0 Å². The van der Waals surface area contributed by atoms with Gasteiger partial charge in [-0.15, -0.1) is 0 Å². The summed E-state index contributed by atoms with van der Waals surface area (Å²) in [5.74, 6) is 0. The van der Waals surface area contributed by atoms with E-state index in [2.05, 4.69) is 0 Å². The number of rotatable bonds is 1. The van der Waals surface area contributed by atoms with Crippen LogP contribution in [0, 0.1) is 0 Å². The molecule has 1 saturated heterocycles. The fraction of sp³-hybridized carbons (Fsp3) is 0.900. The fourth-order valence-corrected chi connectivity index (χ4v) is 2.68. The molecule has 1 aliphatic rings. The van der Waals surface area contributed by atoms with Crippen LogP contribution in [0.15, 0.2) is 0 Å². The predicted molar refractivity (Wildman–Crippen MR) is 55.8 cm³/mol. The van der Waals surface area contributed by atoms with Crippen LogP contribution in [0.5, 0.6) is 0 Å². The molecule has 0 saturated carbocycles. The Labute approximate surface area is 84.1 Å². The van der Waals surface area contributed by atoms with E-state index in [1.807, 2.05) is 0 Å². The van der Waals surface area contributed by atoms with Crippen LogP contribution in [-0.4, -0.2) is 21.6 Å². The van der Waals surface area contributed by atoms with E-state index in [4.69, 9.17) is 0 Å². The highest BCUT2D eigenvalue weighted by Crippen LogP contribution is 2.26. The molecule has 2 atom stereocenters. The number of carbonyl (C=O) groups is 1. The summed E-state index contributed by atoms with van der Waals surface area (Å²) in [7, 11) is 0. The minimum Gasteiger partial charge on any atom is -0.392 e. The van der Waals surface area contributed by atoms with Crippen molar-refractivity contribution < 1.29 is 9.90 Å². The average molecular weight is 202 g/mol. The number of hydrogen-bond donors (Lipinski definition) is 1. The van der Waals surface area contributed by atoms with Gasteiger partial charge in [0.15, 0.2) is 5.12 Å². The van der Waals surface area contributed by atoms with E-state index in [1.165, 1.54) is 24.6 Å². The van der Waals surface area contributed by atoms with Gasteiger partial charge in [0.1, 0.15) is 0 Å². The van der Waals surface area contributed by atoms with Crippen molar-refractivity contribution >= 4 is 16.9 Å². The first-order valence-electron chi connectivity index (χ1n) is 5.07. The molecule has 13 heavy (non-hydrogen) atoms. The summed E-state index contributed by atoms with van der Waals surface area (Å²) >= 11 is 1.35. The van der Waals surface area contributed by atoms with Gasteiger partial charge in [-0.25, -0.2) is 0 Å². The third kappa shape index (κ3) is 4.14. The zero-order chi connectivity index (χ0) is 9.68. The van der Waals surface area contributed by atoms with Crippen molar-refractivity contribution in [1.82, 2.24) is 0 Å². The third-order valence-corrected chi connectivity index (χ3v) is 3.84. The largest absolute Gasteiger partial charge is 0.392 e. The second kappa shape index (κ2) is 5.66. The molecule has 0 radical (unpaired) electrons. The molecule has 0 aromatic carbocycles. The Morgan fingerprint density at radius 3 is 2.77 bits per heavy atom. The van der Waals surface area contributed by atoms with Gasteiger partial charge in [-0.05, 0) is 19.8 Å². The van der Waals surface area contributed by atoms with Crippen LogP contribution in [0.25, 0.3) is 0 Å². The van der Waals surface area contributed by atoms with E-state index in [0.29, 0.717) is 6.42 Å². The van der Waals surface area contributed by atoms with Gasteiger partial charge < -0.3 is 5.11 Å². The first-order chi connectivity index (χ1) is 6.20. The molecule has 76 valence electrons. The van der Waals surface area contributed by atoms with Crippen LogP contribution < -0.4 is 0 Å². The van der Waals surface area contributed by atoms with Gasteiger partial charge in [0.05, 0.1) is 6.10 Å². The Hall–Kier alpha value is -0.0200. The Morgan fingerprint density at radius 2 is 2.08 bits per heavy atom. The lowest BCUT2D eigenvalue weighted by Crippen LogP contribution is -2.20. The molecule has 1 heterocycles. The SMILES string of the molecule is CC(O)C1CCCCCCC(=O)S1. The maximum Gasteiger partial charge on any atom is 0.189 e. The zero-order valence-corrected chi connectivity index (χ0v) is 8.98. The lowest BCUT2D eigenvalue weighted by Gasteiger charge is -2.16. The molecule has 0 aromatic rings. The fourth-order valence-electron chi connectivity index (χ4n) is 1.59. The maximum absolute atomic E-state index is 11.4. The van der Waals surface area contributed by atoms with Gasteiger partial charge in [0, 0.05) is 11.7 Å². The number of hydrogen-bond acceptors (Lipinski definition) is 3. The molecule has 0 aliphatic carbocycles. The number of aliphatic hydroxyl groups is 1. The molecule has 3 heteroatoms. The Kier molecular flexibility index (Phi) is 4.81. The van der Waals surface area contributed by atoms with Crippen molar-refractivity contribution in [3.05, 3.63) is 0 Å². The number of thioether (sulfide) groups is 1. The van der Waals surface area contributed by atoms with E-state index in [9.17, 15) is 9.90 Å². The topological polar surface area (TPSA) is 37.3 Å².